The molecule has 0 radical (unpaired) electrons. The summed E-state index contributed by atoms with van der Waals surface area (Å²) >= 11 is 12.2. The molecule has 1 atom stereocenters. The Bertz CT molecular complexity index is 1140. The maximum Gasteiger partial charge on any atom is 0.243 e. The number of nitrogens with zero attached hydrogens (tertiary/aromatic N) is 1. The third kappa shape index (κ3) is 7.74. The molecule has 3 rings (SSSR count). The lowest BCUT2D eigenvalue weighted by molar-refractivity contribution is -0.140. The van der Waals surface area contributed by atoms with Gasteiger partial charge in [-0.2, -0.15) is 0 Å². The first-order valence-electron chi connectivity index (χ1n) is 11.6. The van der Waals surface area contributed by atoms with Crippen molar-refractivity contribution in [3.8, 4) is 5.75 Å². The van der Waals surface area contributed by atoms with E-state index in [1.165, 1.54) is 0 Å². The monoisotopic (exact) mass is 512 g/mol. The van der Waals surface area contributed by atoms with E-state index in [0.29, 0.717) is 28.8 Å². The van der Waals surface area contributed by atoms with E-state index in [0.717, 1.165) is 23.1 Å². The summed E-state index contributed by atoms with van der Waals surface area (Å²) in [6.07, 6.45) is 1.29. The van der Waals surface area contributed by atoms with Crippen LogP contribution in [0.5, 0.6) is 5.75 Å². The topological polar surface area (TPSA) is 58.6 Å². The summed E-state index contributed by atoms with van der Waals surface area (Å²) in [7, 11) is 1.60. The lowest BCUT2D eigenvalue weighted by Crippen LogP contribution is -2.51. The molecular formula is C28H30Cl2N2O3. The van der Waals surface area contributed by atoms with E-state index in [4.69, 9.17) is 27.9 Å². The Morgan fingerprint density at radius 3 is 2.34 bits per heavy atom. The fourth-order valence-electron chi connectivity index (χ4n) is 3.81. The van der Waals surface area contributed by atoms with Gasteiger partial charge in [-0.1, -0.05) is 78.7 Å². The second-order valence-corrected chi connectivity index (χ2v) is 9.11. The highest BCUT2D eigenvalue weighted by Crippen LogP contribution is 2.24. The van der Waals surface area contributed by atoms with Gasteiger partial charge in [0, 0.05) is 19.5 Å². The van der Waals surface area contributed by atoms with Crippen LogP contribution in [0.2, 0.25) is 10.0 Å². The number of carbonyl (C=O) groups excluding carboxylic acids is 2. The summed E-state index contributed by atoms with van der Waals surface area (Å²) in [6.45, 7) is 2.79. The minimum atomic E-state index is -0.689. The fourth-order valence-corrected chi connectivity index (χ4v) is 4.13. The van der Waals surface area contributed by atoms with Crippen LogP contribution in [0.3, 0.4) is 0 Å². The van der Waals surface area contributed by atoms with E-state index in [2.05, 4.69) is 5.32 Å². The SMILES string of the molecule is CCCNC(=O)C(Cc1ccccc1)N(Cc1cccc(OC)c1)C(=O)Cc1ccc(Cl)c(Cl)c1. The highest BCUT2D eigenvalue weighted by molar-refractivity contribution is 6.42. The minimum Gasteiger partial charge on any atom is -0.497 e. The molecule has 1 unspecified atom stereocenters. The number of halogens is 2. The quantitative estimate of drug-likeness (QED) is 0.357. The van der Waals surface area contributed by atoms with Crippen molar-refractivity contribution in [1.82, 2.24) is 10.2 Å². The number of hydrogen-bond acceptors (Lipinski definition) is 3. The Hall–Kier alpha value is -3.02. The van der Waals surface area contributed by atoms with Gasteiger partial charge in [0.1, 0.15) is 11.8 Å². The average Bonchev–Trinajstić information content (AvgIpc) is 2.87. The number of carbonyl (C=O) groups is 2. The van der Waals surface area contributed by atoms with Crippen LogP contribution in [-0.2, 0) is 29.0 Å². The molecule has 0 aromatic heterocycles. The van der Waals surface area contributed by atoms with Crippen molar-refractivity contribution in [2.24, 2.45) is 0 Å². The Labute approximate surface area is 217 Å². The van der Waals surface area contributed by atoms with Gasteiger partial charge in [-0.25, -0.2) is 0 Å². The average molecular weight is 513 g/mol. The molecular weight excluding hydrogens is 483 g/mol. The molecule has 0 spiro atoms. The molecule has 1 N–H and O–H groups in total. The van der Waals surface area contributed by atoms with Crippen molar-refractivity contribution in [1.29, 1.82) is 0 Å². The van der Waals surface area contributed by atoms with Crippen LogP contribution in [0.15, 0.2) is 72.8 Å². The Balaban J connectivity index is 1.97. The molecule has 0 fully saturated rings. The zero-order valence-electron chi connectivity index (χ0n) is 20.0. The Kier molecular flexibility index (Phi) is 10.0. The van der Waals surface area contributed by atoms with Crippen LogP contribution in [0.4, 0.5) is 0 Å². The van der Waals surface area contributed by atoms with Gasteiger partial charge in [0.05, 0.1) is 23.6 Å². The lowest BCUT2D eigenvalue weighted by Gasteiger charge is -2.32. The summed E-state index contributed by atoms with van der Waals surface area (Å²) in [6, 6.07) is 21.7. The molecule has 0 saturated carbocycles. The van der Waals surface area contributed by atoms with Gasteiger partial charge in [0.25, 0.3) is 0 Å². The summed E-state index contributed by atoms with van der Waals surface area (Å²) in [5, 5.41) is 3.80. The third-order valence-corrected chi connectivity index (χ3v) is 6.39. The number of hydrogen-bond donors (Lipinski definition) is 1. The highest BCUT2D eigenvalue weighted by atomic mass is 35.5. The van der Waals surface area contributed by atoms with E-state index < -0.39 is 6.04 Å². The molecule has 7 heteroatoms. The second kappa shape index (κ2) is 13.2. The van der Waals surface area contributed by atoms with Gasteiger partial charge in [-0.15, -0.1) is 0 Å². The van der Waals surface area contributed by atoms with Gasteiger partial charge in [0.15, 0.2) is 0 Å². The summed E-state index contributed by atoms with van der Waals surface area (Å²) in [5.41, 5.74) is 2.57. The van der Waals surface area contributed by atoms with Gasteiger partial charge in [-0.3, -0.25) is 9.59 Å². The van der Waals surface area contributed by atoms with Gasteiger partial charge < -0.3 is 15.0 Å². The maximum absolute atomic E-state index is 13.7. The van der Waals surface area contributed by atoms with Crippen molar-refractivity contribution >= 4 is 35.0 Å². The largest absolute Gasteiger partial charge is 0.497 e. The molecule has 184 valence electrons. The molecule has 2 amide bonds. The molecule has 35 heavy (non-hydrogen) atoms. The summed E-state index contributed by atoms with van der Waals surface area (Å²) < 4.78 is 5.36. The number of nitrogens with one attached hydrogen (secondary N) is 1. The number of benzene rings is 3. The van der Waals surface area contributed by atoms with Crippen LogP contribution >= 0.6 is 23.2 Å². The third-order valence-electron chi connectivity index (χ3n) is 5.65. The highest BCUT2D eigenvalue weighted by Gasteiger charge is 2.30. The van der Waals surface area contributed by atoms with Crippen LogP contribution < -0.4 is 10.1 Å². The van der Waals surface area contributed by atoms with E-state index in [-0.39, 0.29) is 24.8 Å². The van der Waals surface area contributed by atoms with Crippen molar-refractivity contribution in [3.05, 3.63) is 99.5 Å². The van der Waals surface area contributed by atoms with Crippen LogP contribution in [-0.4, -0.2) is 36.4 Å². The number of amides is 2. The predicted molar refractivity (Wildman–Crippen MR) is 141 cm³/mol. The Morgan fingerprint density at radius 1 is 0.914 bits per heavy atom. The normalized spacial score (nSPS) is 11.5. The lowest BCUT2D eigenvalue weighted by atomic mass is 10.0. The van der Waals surface area contributed by atoms with Crippen LogP contribution in [0.1, 0.15) is 30.0 Å². The summed E-state index contributed by atoms with van der Waals surface area (Å²) in [4.78, 5) is 28.7. The van der Waals surface area contributed by atoms with Crippen LogP contribution in [0.25, 0.3) is 0 Å². The van der Waals surface area contributed by atoms with Crippen LogP contribution in [0, 0.1) is 0 Å². The second-order valence-electron chi connectivity index (χ2n) is 8.29. The number of rotatable bonds is 11. The first-order valence-corrected chi connectivity index (χ1v) is 12.3. The molecule has 0 aliphatic carbocycles. The van der Waals surface area contributed by atoms with E-state index >= 15 is 0 Å². The first kappa shape index (κ1) is 26.6. The van der Waals surface area contributed by atoms with Crippen molar-refractivity contribution in [3.63, 3.8) is 0 Å². The van der Waals surface area contributed by atoms with Crippen molar-refractivity contribution in [2.75, 3.05) is 13.7 Å². The minimum absolute atomic E-state index is 0.0905. The van der Waals surface area contributed by atoms with E-state index in [9.17, 15) is 9.59 Å². The van der Waals surface area contributed by atoms with Crippen molar-refractivity contribution < 1.29 is 14.3 Å². The molecule has 3 aromatic rings. The molecule has 0 heterocycles. The molecule has 0 saturated heterocycles. The molecule has 0 aliphatic rings. The smallest absolute Gasteiger partial charge is 0.243 e. The van der Waals surface area contributed by atoms with Gasteiger partial charge >= 0.3 is 0 Å². The predicted octanol–water partition coefficient (Wildman–Crippen LogP) is 5.71. The zero-order valence-corrected chi connectivity index (χ0v) is 21.5. The molecule has 3 aromatic carbocycles. The van der Waals surface area contributed by atoms with Gasteiger partial charge in [0.2, 0.25) is 11.8 Å². The van der Waals surface area contributed by atoms with E-state index in [1.54, 1.807) is 30.2 Å². The standard InChI is InChI=1S/C28H30Cl2N2O3/c1-3-14-31-28(34)26(17-20-8-5-4-6-9-20)32(19-22-10-7-11-23(15-22)35-2)27(33)18-21-12-13-24(29)25(30)16-21/h4-13,15-16,26H,3,14,17-19H2,1-2H3,(H,31,34). The number of methoxy groups -OCH3 is 1. The Morgan fingerprint density at radius 2 is 1.66 bits per heavy atom. The van der Waals surface area contributed by atoms with Crippen molar-refractivity contribution in [2.45, 2.75) is 38.8 Å². The molecule has 0 aliphatic heterocycles. The van der Waals surface area contributed by atoms with Gasteiger partial charge in [-0.05, 0) is 47.4 Å². The first-order chi connectivity index (χ1) is 16.9. The summed E-state index contributed by atoms with van der Waals surface area (Å²) in [5.74, 6) is 0.328. The number of ether oxygens (including phenoxy) is 1. The molecule has 0 bridgehead atoms. The van der Waals surface area contributed by atoms with E-state index in [1.807, 2.05) is 61.5 Å². The molecule has 5 nitrogen and oxygen atoms in total. The zero-order chi connectivity index (χ0) is 25.2. The fraction of sp³-hybridized carbons (Fsp3) is 0.286. The maximum atomic E-state index is 13.7.